The van der Waals surface area contributed by atoms with Crippen LogP contribution < -0.4 is 10.6 Å². The molecule has 0 aromatic heterocycles. The Morgan fingerprint density at radius 1 is 1.03 bits per heavy atom. The minimum absolute atomic E-state index is 0.0822. The number of hydrogen-bond donors (Lipinski definition) is 2. The lowest BCUT2D eigenvalue weighted by atomic mass is 10.2. The molecule has 31 heavy (non-hydrogen) atoms. The molecule has 7 nitrogen and oxygen atoms in total. The van der Waals surface area contributed by atoms with Crippen molar-refractivity contribution in [3.8, 4) is 0 Å². The largest absolute Gasteiger partial charge is 0.325 e. The van der Waals surface area contributed by atoms with Crippen LogP contribution in [-0.2, 0) is 4.79 Å². The summed E-state index contributed by atoms with van der Waals surface area (Å²) >= 11 is 7.40. The molecule has 0 radical (unpaired) electrons. The van der Waals surface area contributed by atoms with Crippen molar-refractivity contribution in [3.63, 3.8) is 0 Å². The van der Waals surface area contributed by atoms with E-state index < -0.39 is 4.92 Å². The summed E-state index contributed by atoms with van der Waals surface area (Å²) in [6.45, 7) is 1.84. The van der Waals surface area contributed by atoms with E-state index in [0.717, 1.165) is 10.5 Å². The van der Waals surface area contributed by atoms with E-state index in [1.807, 2.05) is 13.0 Å². The maximum absolute atomic E-state index is 12.4. The molecule has 0 aliphatic heterocycles. The second-order valence-corrected chi connectivity index (χ2v) is 7.99. The van der Waals surface area contributed by atoms with E-state index in [4.69, 9.17) is 11.6 Å². The number of hydrogen-bond acceptors (Lipinski definition) is 5. The lowest BCUT2D eigenvalue weighted by molar-refractivity contribution is -0.384. The van der Waals surface area contributed by atoms with Crippen LogP contribution in [0.4, 0.5) is 17.1 Å². The van der Waals surface area contributed by atoms with Crippen LogP contribution in [0.5, 0.6) is 0 Å². The van der Waals surface area contributed by atoms with E-state index in [1.165, 1.54) is 36.0 Å². The number of amides is 2. The van der Waals surface area contributed by atoms with Crippen LogP contribution in [0.15, 0.2) is 71.6 Å². The monoisotopic (exact) mass is 455 g/mol. The number of nitro benzene ring substituents is 1. The van der Waals surface area contributed by atoms with E-state index >= 15 is 0 Å². The first-order valence-electron chi connectivity index (χ1n) is 9.17. The molecule has 0 atom stereocenters. The van der Waals surface area contributed by atoms with Crippen LogP contribution in [0.1, 0.15) is 15.9 Å². The van der Waals surface area contributed by atoms with Crippen molar-refractivity contribution in [3.05, 3.63) is 93.0 Å². The van der Waals surface area contributed by atoms with Gasteiger partial charge in [0, 0.05) is 39.0 Å². The van der Waals surface area contributed by atoms with Crippen LogP contribution in [-0.4, -0.2) is 22.5 Å². The first-order valence-corrected chi connectivity index (χ1v) is 10.5. The number of halogens is 1. The number of nitro groups is 1. The average Bonchev–Trinajstić information content (AvgIpc) is 2.76. The van der Waals surface area contributed by atoms with Gasteiger partial charge >= 0.3 is 0 Å². The highest BCUT2D eigenvalue weighted by atomic mass is 35.5. The summed E-state index contributed by atoms with van der Waals surface area (Å²) in [6.07, 6.45) is 0. The van der Waals surface area contributed by atoms with Gasteiger partial charge < -0.3 is 10.6 Å². The Hall–Kier alpha value is -3.36. The van der Waals surface area contributed by atoms with Gasteiger partial charge in [-0.15, -0.1) is 11.8 Å². The molecule has 158 valence electrons. The maximum Gasteiger partial charge on any atom is 0.269 e. The van der Waals surface area contributed by atoms with Crippen molar-refractivity contribution in [1.29, 1.82) is 0 Å². The fraction of sp³-hybridized carbons (Fsp3) is 0.0909. The van der Waals surface area contributed by atoms with E-state index in [0.29, 0.717) is 22.0 Å². The predicted molar refractivity (Wildman–Crippen MR) is 123 cm³/mol. The Bertz CT molecular complexity index is 1140. The fourth-order valence-electron chi connectivity index (χ4n) is 2.68. The molecule has 0 saturated carbocycles. The first-order chi connectivity index (χ1) is 14.8. The number of benzene rings is 3. The smallest absolute Gasteiger partial charge is 0.269 e. The molecule has 3 rings (SSSR count). The zero-order valence-corrected chi connectivity index (χ0v) is 18.0. The Kier molecular flexibility index (Phi) is 7.28. The summed E-state index contributed by atoms with van der Waals surface area (Å²) in [7, 11) is 0. The molecule has 0 fully saturated rings. The lowest BCUT2D eigenvalue weighted by Gasteiger charge is -2.10. The molecule has 3 aromatic rings. The van der Waals surface area contributed by atoms with Crippen molar-refractivity contribution in [2.75, 3.05) is 16.4 Å². The van der Waals surface area contributed by atoms with Crippen LogP contribution in [0.3, 0.4) is 0 Å². The summed E-state index contributed by atoms with van der Waals surface area (Å²) in [4.78, 5) is 35.7. The maximum atomic E-state index is 12.4. The zero-order valence-electron chi connectivity index (χ0n) is 16.4. The number of thioether (sulfide) groups is 1. The summed E-state index contributed by atoms with van der Waals surface area (Å²) in [6, 6.07) is 17.8. The van der Waals surface area contributed by atoms with Gasteiger partial charge in [0.05, 0.1) is 10.7 Å². The van der Waals surface area contributed by atoms with Crippen LogP contribution in [0.2, 0.25) is 5.02 Å². The Morgan fingerprint density at radius 3 is 2.45 bits per heavy atom. The van der Waals surface area contributed by atoms with Crippen LogP contribution >= 0.6 is 23.4 Å². The minimum Gasteiger partial charge on any atom is -0.325 e. The number of rotatable bonds is 7. The summed E-state index contributed by atoms with van der Waals surface area (Å²) < 4.78 is 0. The van der Waals surface area contributed by atoms with Gasteiger partial charge in [-0.05, 0) is 55.0 Å². The number of carbonyl (C=O) groups is 2. The molecule has 0 aliphatic rings. The van der Waals surface area contributed by atoms with Crippen molar-refractivity contribution in [2.24, 2.45) is 0 Å². The number of anilines is 2. The third-order valence-electron chi connectivity index (χ3n) is 4.34. The molecule has 0 heterocycles. The number of non-ortho nitro benzene ring substituents is 1. The molecular weight excluding hydrogens is 438 g/mol. The van der Waals surface area contributed by atoms with Gasteiger partial charge in [-0.25, -0.2) is 0 Å². The normalized spacial score (nSPS) is 10.4. The van der Waals surface area contributed by atoms with Crippen molar-refractivity contribution in [1.82, 2.24) is 0 Å². The predicted octanol–water partition coefficient (Wildman–Crippen LogP) is 5.54. The molecule has 2 amide bonds. The standard InChI is InChI=1S/C22H18ClN3O4S/c1-14-19(23)6-3-7-20(14)25-21(27)13-31-18-5-2-4-16(12-18)24-22(28)15-8-10-17(11-9-15)26(29)30/h2-12H,13H2,1H3,(H,24,28)(H,25,27). The molecule has 0 bridgehead atoms. The zero-order chi connectivity index (χ0) is 22.4. The second-order valence-electron chi connectivity index (χ2n) is 6.54. The Morgan fingerprint density at radius 2 is 1.74 bits per heavy atom. The number of nitrogens with zero attached hydrogens (tertiary/aromatic N) is 1. The van der Waals surface area contributed by atoms with Gasteiger partial charge in [0.25, 0.3) is 11.6 Å². The van der Waals surface area contributed by atoms with Crippen molar-refractivity contribution in [2.45, 2.75) is 11.8 Å². The van der Waals surface area contributed by atoms with Gasteiger partial charge in [-0.1, -0.05) is 23.7 Å². The molecule has 0 saturated heterocycles. The SMILES string of the molecule is Cc1c(Cl)cccc1NC(=O)CSc1cccc(NC(=O)c2ccc([N+](=O)[O-])cc2)c1. The average molecular weight is 456 g/mol. The van der Waals surface area contributed by atoms with E-state index in [2.05, 4.69) is 10.6 Å². The summed E-state index contributed by atoms with van der Waals surface area (Å²) in [5, 5.41) is 16.9. The molecule has 0 aliphatic carbocycles. The quantitative estimate of drug-likeness (QED) is 0.276. The lowest BCUT2D eigenvalue weighted by Crippen LogP contribution is -2.15. The highest BCUT2D eigenvalue weighted by Gasteiger charge is 2.11. The van der Waals surface area contributed by atoms with E-state index in [9.17, 15) is 19.7 Å². The second kappa shape index (κ2) is 10.1. The molecular formula is C22H18ClN3O4S. The summed E-state index contributed by atoms with van der Waals surface area (Å²) in [5.41, 5.74) is 2.25. The third kappa shape index (κ3) is 6.07. The molecule has 3 aromatic carbocycles. The fourth-order valence-corrected chi connectivity index (χ4v) is 3.61. The van der Waals surface area contributed by atoms with Crippen LogP contribution in [0.25, 0.3) is 0 Å². The Labute approximate surface area is 188 Å². The molecule has 0 unspecified atom stereocenters. The van der Waals surface area contributed by atoms with E-state index in [-0.39, 0.29) is 23.3 Å². The molecule has 0 spiro atoms. The highest BCUT2D eigenvalue weighted by Crippen LogP contribution is 2.25. The molecule has 2 N–H and O–H groups in total. The van der Waals surface area contributed by atoms with Gasteiger partial charge in [-0.3, -0.25) is 19.7 Å². The van der Waals surface area contributed by atoms with E-state index in [1.54, 1.807) is 36.4 Å². The topological polar surface area (TPSA) is 101 Å². The van der Waals surface area contributed by atoms with Gasteiger partial charge in [0.2, 0.25) is 5.91 Å². The van der Waals surface area contributed by atoms with Crippen LogP contribution in [0, 0.1) is 17.0 Å². The first kappa shape index (κ1) is 22.3. The van der Waals surface area contributed by atoms with Gasteiger partial charge in [0.1, 0.15) is 0 Å². The third-order valence-corrected chi connectivity index (χ3v) is 5.75. The highest BCUT2D eigenvalue weighted by molar-refractivity contribution is 8.00. The van der Waals surface area contributed by atoms with Gasteiger partial charge in [0.15, 0.2) is 0 Å². The number of carbonyl (C=O) groups excluding carboxylic acids is 2. The summed E-state index contributed by atoms with van der Waals surface area (Å²) in [5.74, 6) is -0.368. The van der Waals surface area contributed by atoms with Crippen molar-refractivity contribution < 1.29 is 14.5 Å². The molecule has 9 heteroatoms. The Balaban J connectivity index is 1.58. The number of nitrogens with one attached hydrogen (secondary N) is 2. The van der Waals surface area contributed by atoms with Gasteiger partial charge in [-0.2, -0.15) is 0 Å². The van der Waals surface area contributed by atoms with Crippen molar-refractivity contribution >= 4 is 52.2 Å². The minimum atomic E-state index is -0.522.